The number of aryl methyl sites for hydroxylation is 1. The molecule has 0 aliphatic carbocycles. The number of carbonyl (C=O) groups is 1. The molecule has 3 rings (SSSR count). The molecule has 2 aromatic rings. The van der Waals surface area contributed by atoms with E-state index >= 15 is 0 Å². The molecule has 0 bridgehead atoms. The topological polar surface area (TPSA) is 38.7 Å². The number of benzene rings is 1. The van der Waals surface area contributed by atoms with Crippen LogP contribution in [0.15, 0.2) is 35.0 Å². The van der Waals surface area contributed by atoms with Gasteiger partial charge in [0.1, 0.15) is 0 Å². The number of aliphatic imine (C=N–C) groups is 1. The number of nitrogens with zero attached hydrogens (tertiary/aromatic N) is 1. The summed E-state index contributed by atoms with van der Waals surface area (Å²) in [6.07, 6.45) is 1.80. The van der Waals surface area contributed by atoms with Crippen molar-refractivity contribution in [2.75, 3.05) is 0 Å². The Morgan fingerprint density at radius 1 is 1.28 bits per heavy atom. The first-order chi connectivity index (χ1) is 8.65. The summed E-state index contributed by atoms with van der Waals surface area (Å²) < 4.78 is 6.12. The molecule has 0 fully saturated rings. The average Bonchev–Trinajstić information content (AvgIpc) is 2.82. The van der Waals surface area contributed by atoms with Gasteiger partial charge in [-0.3, -0.25) is 0 Å². The standard InChI is InChI=1S/C14H11NO2S/c1-8-10-5-3-4-6-12(10)18-13(8)7-11-14(16)17-9(2)15-11/h3-7H,1-2H3/b11-7-. The van der Waals surface area contributed by atoms with Crippen molar-refractivity contribution < 1.29 is 9.53 Å². The van der Waals surface area contributed by atoms with Crippen molar-refractivity contribution in [2.45, 2.75) is 13.8 Å². The molecular formula is C14H11NO2S. The highest BCUT2D eigenvalue weighted by Gasteiger charge is 2.20. The van der Waals surface area contributed by atoms with Gasteiger partial charge in [-0.25, -0.2) is 9.79 Å². The summed E-state index contributed by atoms with van der Waals surface area (Å²) in [4.78, 5) is 16.7. The molecule has 0 amide bonds. The van der Waals surface area contributed by atoms with E-state index in [0.717, 1.165) is 4.88 Å². The quantitative estimate of drug-likeness (QED) is 0.579. The van der Waals surface area contributed by atoms with Crippen molar-refractivity contribution in [1.29, 1.82) is 0 Å². The highest BCUT2D eigenvalue weighted by Crippen LogP contribution is 2.32. The number of hydrogen-bond donors (Lipinski definition) is 0. The first kappa shape index (κ1) is 11.2. The molecule has 0 saturated carbocycles. The number of hydrogen-bond acceptors (Lipinski definition) is 4. The van der Waals surface area contributed by atoms with Crippen molar-refractivity contribution in [3.63, 3.8) is 0 Å². The van der Waals surface area contributed by atoms with Gasteiger partial charge in [0.05, 0.1) is 0 Å². The predicted molar refractivity (Wildman–Crippen MR) is 73.7 cm³/mol. The molecule has 1 aromatic heterocycles. The second-order valence-electron chi connectivity index (χ2n) is 4.14. The molecule has 0 N–H and O–H groups in total. The Morgan fingerprint density at radius 3 is 2.72 bits per heavy atom. The minimum atomic E-state index is -0.371. The van der Waals surface area contributed by atoms with Crippen molar-refractivity contribution in [3.8, 4) is 0 Å². The van der Waals surface area contributed by atoms with E-state index in [-0.39, 0.29) is 5.97 Å². The third kappa shape index (κ3) is 1.75. The van der Waals surface area contributed by atoms with Crippen molar-refractivity contribution in [3.05, 3.63) is 40.4 Å². The fourth-order valence-electron chi connectivity index (χ4n) is 1.97. The summed E-state index contributed by atoms with van der Waals surface area (Å²) in [6.45, 7) is 3.73. The molecule has 1 aromatic carbocycles. The van der Waals surface area contributed by atoms with Crippen LogP contribution in [0.4, 0.5) is 0 Å². The summed E-state index contributed by atoms with van der Waals surface area (Å²) in [6, 6.07) is 8.20. The van der Waals surface area contributed by atoms with Gasteiger partial charge in [-0.15, -0.1) is 11.3 Å². The lowest BCUT2D eigenvalue weighted by Gasteiger charge is -1.92. The molecule has 0 unspecified atom stereocenters. The van der Waals surface area contributed by atoms with Gasteiger partial charge in [0.25, 0.3) is 0 Å². The van der Waals surface area contributed by atoms with Crippen LogP contribution in [-0.2, 0) is 9.53 Å². The number of thiophene rings is 1. The van der Waals surface area contributed by atoms with Crippen LogP contribution in [0.2, 0.25) is 0 Å². The maximum Gasteiger partial charge on any atom is 0.363 e. The van der Waals surface area contributed by atoms with E-state index in [0.29, 0.717) is 11.6 Å². The first-order valence-corrected chi connectivity index (χ1v) is 6.44. The van der Waals surface area contributed by atoms with Crippen LogP contribution in [0, 0.1) is 6.92 Å². The zero-order chi connectivity index (χ0) is 12.7. The minimum Gasteiger partial charge on any atom is -0.407 e. The summed E-state index contributed by atoms with van der Waals surface area (Å²) in [7, 11) is 0. The highest BCUT2D eigenvalue weighted by atomic mass is 32.1. The smallest absolute Gasteiger partial charge is 0.363 e. The second kappa shape index (κ2) is 4.07. The fraction of sp³-hybridized carbons (Fsp3) is 0.143. The maximum atomic E-state index is 11.5. The maximum absolute atomic E-state index is 11.5. The monoisotopic (exact) mass is 257 g/mol. The van der Waals surface area contributed by atoms with Crippen LogP contribution in [0.1, 0.15) is 17.4 Å². The minimum absolute atomic E-state index is 0.371. The Labute approximate surface area is 108 Å². The van der Waals surface area contributed by atoms with Gasteiger partial charge in [-0.2, -0.15) is 0 Å². The van der Waals surface area contributed by atoms with E-state index < -0.39 is 0 Å². The molecule has 1 aliphatic heterocycles. The van der Waals surface area contributed by atoms with Crippen molar-refractivity contribution >= 4 is 39.4 Å². The predicted octanol–water partition coefficient (Wildman–Crippen LogP) is 3.53. The molecule has 0 spiro atoms. The van der Waals surface area contributed by atoms with E-state index in [9.17, 15) is 4.79 Å². The Kier molecular flexibility index (Phi) is 2.52. The second-order valence-corrected chi connectivity index (χ2v) is 5.22. The van der Waals surface area contributed by atoms with Gasteiger partial charge in [0.15, 0.2) is 11.6 Å². The largest absolute Gasteiger partial charge is 0.407 e. The van der Waals surface area contributed by atoms with Gasteiger partial charge in [-0.05, 0) is 30.0 Å². The highest BCUT2D eigenvalue weighted by molar-refractivity contribution is 7.20. The Hall–Kier alpha value is -1.94. The molecule has 0 saturated heterocycles. The summed E-state index contributed by atoms with van der Waals surface area (Å²) >= 11 is 1.66. The van der Waals surface area contributed by atoms with Gasteiger partial charge >= 0.3 is 5.97 Å². The average molecular weight is 257 g/mol. The van der Waals surface area contributed by atoms with E-state index in [1.807, 2.05) is 12.1 Å². The number of ether oxygens (including phenoxy) is 1. The van der Waals surface area contributed by atoms with Gasteiger partial charge in [0.2, 0.25) is 0 Å². The normalized spacial score (nSPS) is 17.3. The lowest BCUT2D eigenvalue weighted by molar-refractivity contribution is -0.130. The van der Waals surface area contributed by atoms with E-state index in [1.165, 1.54) is 15.6 Å². The Bertz CT molecular complexity index is 710. The molecule has 4 heteroatoms. The van der Waals surface area contributed by atoms with E-state index in [4.69, 9.17) is 4.74 Å². The van der Waals surface area contributed by atoms with E-state index in [2.05, 4.69) is 24.0 Å². The molecular weight excluding hydrogens is 246 g/mol. The third-order valence-electron chi connectivity index (χ3n) is 2.88. The summed E-state index contributed by atoms with van der Waals surface area (Å²) in [5.74, 6) is 0.0365. The molecule has 1 aliphatic rings. The van der Waals surface area contributed by atoms with Crippen LogP contribution in [0.25, 0.3) is 16.2 Å². The fourth-order valence-corrected chi connectivity index (χ4v) is 3.12. The molecule has 3 nitrogen and oxygen atoms in total. The van der Waals surface area contributed by atoms with Crippen LogP contribution >= 0.6 is 11.3 Å². The molecule has 2 heterocycles. The van der Waals surface area contributed by atoms with Crippen LogP contribution in [0.3, 0.4) is 0 Å². The van der Waals surface area contributed by atoms with Crippen LogP contribution in [0.5, 0.6) is 0 Å². The van der Waals surface area contributed by atoms with Crippen molar-refractivity contribution in [1.82, 2.24) is 0 Å². The van der Waals surface area contributed by atoms with Gasteiger partial charge < -0.3 is 4.74 Å². The van der Waals surface area contributed by atoms with Gasteiger partial charge in [-0.1, -0.05) is 18.2 Å². The molecule has 0 atom stereocenters. The molecule has 18 heavy (non-hydrogen) atoms. The zero-order valence-corrected chi connectivity index (χ0v) is 10.9. The van der Waals surface area contributed by atoms with Gasteiger partial charge in [0, 0.05) is 16.5 Å². The SMILES string of the molecule is CC1=N/C(=C\c2sc3ccccc3c2C)C(=O)O1. The van der Waals surface area contributed by atoms with Crippen molar-refractivity contribution in [2.24, 2.45) is 4.99 Å². The Morgan fingerprint density at radius 2 is 2.06 bits per heavy atom. The summed E-state index contributed by atoms with van der Waals surface area (Å²) in [5, 5.41) is 1.22. The molecule has 90 valence electrons. The number of carbonyl (C=O) groups excluding carboxylic acids is 1. The number of rotatable bonds is 1. The lowest BCUT2D eigenvalue weighted by atomic mass is 10.1. The van der Waals surface area contributed by atoms with Crippen LogP contribution in [-0.4, -0.2) is 11.9 Å². The van der Waals surface area contributed by atoms with Crippen LogP contribution < -0.4 is 0 Å². The zero-order valence-electron chi connectivity index (χ0n) is 10.1. The molecule has 0 radical (unpaired) electrons. The lowest BCUT2D eigenvalue weighted by Crippen LogP contribution is -1.99. The summed E-state index contributed by atoms with van der Waals surface area (Å²) in [5.41, 5.74) is 1.55. The van der Waals surface area contributed by atoms with E-state index in [1.54, 1.807) is 24.3 Å². The Balaban J connectivity index is 2.13. The third-order valence-corrected chi connectivity index (χ3v) is 4.10. The number of fused-ring (bicyclic) bond motifs is 1. The first-order valence-electron chi connectivity index (χ1n) is 5.62. The number of esters is 1. The number of cyclic esters (lactones) is 1.